The quantitative estimate of drug-likeness (QED) is 0.290. The van der Waals surface area contributed by atoms with Gasteiger partial charge in [0.15, 0.2) is 0 Å². The Balaban J connectivity index is 1.89. The molecule has 0 aliphatic rings. The summed E-state index contributed by atoms with van der Waals surface area (Å²) in [5.41, 5.74) is 2.28. The SMILES string of the molecule is CCCCNS(=O)(=O)NC(=O)C=Cc1c(C)nn(C)c1-n1ccc2ccc(OC(C)COC)cc21. The second-order valence-corrected chi connectivity index (χ2v) is 9.79. The van der Waals surface area contributed by atoms with E-state index in [2.05, 4.69) is 9.82 Å². The fourth-order valence-corrected chi connectivity index (χ4v) is 4.57. The summed E-state index contributed by atoms with van der Waals surface area (Å²) in [5.74, 6) is 0.689. The Bertz CT molecular complexity index is 1310. The fourth-order valence-electron chi connectivity index (χ4n) is 3.76. The summed E-state index contributed by atoms with van der Waals surface area (Å²) < 4.78 is 43.2. The van der Waals surface area contributed by atoms with Crippen LogP contribution in [0.3, 0.4) is 0 Å². The van der Waals surface area contributed by atoms with E-state index in [0.29, 0.717) is 30.0 Å². The zero-order chi connectivity index (χ0) is 25.6. The molecule has 1 amide bonds. The topological polar surface area (TPSA) is 116 Å². The van der Waals surface area contributed by atoms with Gasteiger partial charge in [0.1, 0.15) is 17.7 Å². The number of carbonyl (C=O) groups is 1. The number of nitrogens with zero attached hydrogens (tertiary/aromatic N) is 3. The highest BCUT2D eigenvalue weighted by molar-refractivity contribution is 7.88. The third-order valence-corrected chi connectivity index (χ3v) is 6.38. The van der Waals surface area contributed by atoms with Crippen LogP contribution in [0.15, 0.2) is 36.5 Å². The van der Waals surface area contributed by atoms with Crippen LogP contribution >= 0.6 is 0 Å². The minimum absolute atomic E-state index is 0.107. The average Bonchev–Trinajstić information content (AvgIpc) is 3.31. The average molecular weight is 504 g/mol. The molecule has 0 spiro atoms. The Kier molecular flexibility index (Phi) is 8.71. The van der Waals surface area contributed by atoms with Gasteiger partial charge in [-0.3, -0.25) is 9.48 Å². The van der Waals surface area contributed by atoms with Crippen LogP contribution in [-0.2, 0) is 26.8 Å². The molecule has 2 aromatic heterocycles. The number of methoxy groups -OCH3 is 1. The van der Waals surface area contributed by atoms with Gasteiger partial charge in [0, 0.05) is 50.0 Å². The predicted molar refractivity (Wildman–Crippen MR) is 136 cm³/mol. The molecule has 190 valence electrons. The van der Waals surface area contributed by atoms with Crippen molar-refractivity contribution in [1.29, 1.82) is 0 Å². The van der Waals surface area contributed by atoms with E-state index in [1.165, 1.54) is 6.08 Å². The van der Waals surface area contributed by atoms with Gasteiger partial charge in [-0.15, -0.1) is 0 Å². The molecule has 2 heterocycles. The molecule has 1 atom stereocenters. The van der Waals surface area contributed by atoms with E-state index in [9.17, 15) is 13.2 Å². The van der Waals surface area contributed by atoms with Crippen molar-refractivity contribution < 1.29 is 22.7 Å². The summed E-state index contributed by atoms with van der Waals surface area (Å²) >= 11 is 0. The van der Waals surface area contributed by atoms with Gasteiger partial charge in [-0.05, 0) is 44.5 Å². The Morgan fingerprint density at radius 1 is 1.29 bits per heavy atom. The number of hydrogen-bond acceptors (Lipinski definition) is 6. The highest BCUT2D eigenvalue weighted by atomic mass is 32.2. The first-order chi connectivity index (χ1) is 16.6. The molecule has 1 aromatic carbocycles. The minimum Gasteiger partial charge on any atom is -0.488 e. The van der Waals surface area contributed by atoms with Crippen LogP contribution in [0.2, 0.25) is 0 Å². The number of carbonyl (C=O) groups excluding carboxylic acids is 1. The molecular formula is C24H33N5O5S. The van der Waals surface area contributed by atoms with Crippen molar-refractivity contribution in [2.24, 2.45) is 7.05 Å². The molecule has 3 aromatic rings. The molecule has 0 radical (unpaired) electrons. The van der Waals surface area contributed by atoms with Crippen molar-refractivity contribution in [3.05, 3.63) is 47.8 Å². The molecule has 10 nitrogen and oxygen atoms in total. The molecule has 35 heavy (non-hydrogen) atoms. The van der Waals surface area contributed by atoms with E-state index in [4.69, 9.17) is 9.47 Å². The standard InChI is InChI=1S/C24H33N5O5S/c1-6-7-13-25-35(31,32)27-23(30)11-10-21-18(3)26-28(4)24(21)29-14-12-19-8-9-20(15-22(19)29)34-17(2)16-33-5/h8-12,14-15,17,25H,6-7,13,16H2,1-5H3,(H,27,30). The van der Waals surface area contributed by atoms with E-state index < -0.39 is 16.1 Å². The monoisotopic (exact) mass is 503 g/mol. The highest BCUT2D eigenvalue weighted by Gasteiger charge is 2.17. The molecule has 3 rings (SSSR count). The zero-order valence-corrected chi connectivity index (χ0v) is 21.6. The number of fused-ring (bicyclic) bond motifs is 1. The van der Waals surface area contributed by atoms with Crippen LogP contribution in [0.25, 0.3) is 22.8 Å². The third kappa shape index (κ3) is 6.71. The maximum absolute atomic E-state index is 12.3. The summed E-state index contributed by atoms with van der Waals surface area (Å²) in [5, 5.41) is 5.51. The number of unbranched alkanes of at least 4 members (excludes halogenated alkanes) is 1. The lowest BCUT2D eigenvalue weighted by Crippen LogP contribution is -2.39. The van der Waals surface area contributed by atoms with Crippen LogP contribution in [-0.4, -0.2) is 55.0 Å². The van der Waals surface area contributed by atoms with Crippen molar-refractivity contribution in [2.75, 3.05) is 20.3 Å². The maximum atomic E-state index is 12.3. The lowest BCUT2D eigenvalue weighted by Gasteiger charge is -2.14. The molecule has 0 saturated heterocycles. The van der Waals surface area contributed by atoms with Gasteiger partial charge < -0.3 is 14.0 Å². The predicted octanol–water partition coefficient (Wildman–Crippen LogP) is 2.85. The fraction of sp³-hybridized carbons (Fsp3) is 0.417. The Morgan fingerprint density at radius 3 is 2.77 bits per heavy atom. The van der Waals surface area contributed by atoms with E-state index in [1.54, 1.807) is 17.9 Å². The smallest absolute Gasteiger partial charge is 0.301 e. The number of amides is 1. The molecule has 11 heteroatoms. The summed E-state index contributed by atoms with van der Waals surface area (Å²) in [4.78, 5) is 12.3. The highest BCUT2D eigenvalue weighted by Crippen LogP contribution is 2.28. The maximum Gasteiger partial charge on any atom is 0.301 e. The van der Waals surface area contributed by atoms with Gasteiger partial charge in [0.2, 0.25) is 0 Å². The Labute approximate surface area is 206 Å². The molecule has 0 aliphatic heterocycles. The number of aromatic nitrogens is 3. The van der Waals surface area contributed by atoms with Crippen LogP contribution in [0, 0.1) is 6.92 Å². The minimum atomic E-state index is -3.91. The van der Waals surface area contributed by atoms with E-state index >= 15 is 0 Å². The van der Waals surface area contributed by atoms with Gasteiger partial charge in [-0.2, -0.15) is 18.2 Å². The number of rotatable bonds is 12. The van der Waals surface area contributed by atoms with Crippen LogP contribution in [0.4, 0.5) is 0 Å². The van der Waals surface area contributed by atoms with Crippen LogP contribution in [0.5, 0.6) is 5.75 Å². The first kappa shape index (κ1) is 26.5. The molecule has 2 N–H and O–H groups in total. The first-order valence-corrected chi connectivity index (χ1v) is 12.9. The van der Waals surface area contributed by atoms with Crippen molar-refractivity contribution >= 4 is 33.1 Å². The van der Waals surface area contributed by atoms with Crippen molar-refractivity contribution in [2.45, 2.75) is 39.7 Å². The largest absolute Gasteiger partial charge is 0.488 e. The van der Waals surface area contributed by atoms with E-state index in [0.717, 1.165) is 23.1 Å². The number of ether oxygens (including phenoxy) is 2. The Hall–Kier alpha value is -3.15. The van der Waals surface area contributed by atoms with Gasteiger partial charge in [-0.25, -0.2) is 4.72 Å². The van der Waals surface area contributed by atoms with Crippen LogP contribution < -0.4 is 14.2 Å². The lowest BCUT2D eigenvalue weighted by atomic mass is 10.2. The summed E-state index contributed by atoms with van der Waals surface area (Å²) in [6.45, 7) is 6.46. The normalized spacial score (nSPS) is 12.9. The summed E-state index contributed by atoms with van der Waals surface area (Å²) in [7, 11) is -0.467. The zero-order valence-electron chi connectivity index (χ0n) is 20.7. The summed E-state index contributed by atoms with van der Waals surface area (Å²) in [6.07, 6.45) is 6.10. The number of hydrogen-bond donors (Lipinski definition) is 2. The van der Waals surface area contributed by atoms with Gasteiger partial charge >= 0.3 is 10.2 Å². The number of benzene rings is 1. The molecule has 1 unspecified atom stereocenters. The van der Waals surface area contributed by atoms with Gasteiger partial charge in [0.05, 0.1) is 17.8 Å². The van der Waals surface area contributed by atoms with E-state index in [1.807, 2.05) is 67.6 Å². The molecule has 0 fully saturated rings. The van der Waals surface area contributed by atoms with Crippen molar-refractivity contribution in [3.63, 3.8) is 0 Å². The second kappa shape index (κ2) is 11.5. The Morgan fingerprint density at radius 2 is 2.06 bits per heavy atom. The van der Waals surface area contributed by atoms with Gasteiger partial charge in [0.25, 0.3) is 5.91 Å². The van der Waals surface area contributed by atoms with Gasteiger partial charge in [-0.1, -0.05) is 13.3 Å². The van der Waals surface area contributed by atoms with Crippen molar-refractivity contribution in [3.8, 4) is 11.6 Å². The van der Waals surface area contributed by atoms with E-state index in [-0.39, 0.29) is 12.6 Å². The second-order valence-electron chi connectivity index (χ2n) is 8.29. The molecular weight excluding hydrogens is 470 g/mol. The molecule has 0 bridgehead atoms. The third-order valence-electron chi connectivity index (χ3n) is 5.33. The molecule has 0 aliphatic carbocycles. The van der Waals surface area contributed by atoms with Crippen LogP contribution in [0.1, 0.15) is 37.9 Å². The number of aryl methyl sites for hydroxylation is 2. The lowest BCUT2D eigenvalue weighted by molar-refractivity contribution is -0.114. The van der Waals surface area contributed by atoms with Crippen molar-refractivity contribution in [1.82, 2.24) is 23.8 Å². The number of nitrogens with one attached hydrogen (secondary N) is 2. The summed E-state index contributed by atoms with van der Waals surface area (Å²) in [6, 6.07) is 7.81. The first-order valence-electron chi connectivity index (χ1n) is 11.4. The molecule has 0 saturated carbocycles.